The van der Waals surface area contributed by atoms with Crippen molar-refractivity contribution in [3.05, 3.63) is 35.0 Å². The summed E-state index contributed by atoms with van der Waals surface area (Å²) in [5, 5.41) is 8.22. The van der Waals surface area contributed by atoms with Crippen LogP contribution in [0.25, 0.3) is 0 Å². The van der Waals surface area contributed by atoms with Gasteiger partial charge in [0.1, 0.15) is 0 Å². The van der Waals surface area contributed by atoms with Gasteiger partial charge in [-0.2, -0.15) is 0 Å². The Morgan fingerprint density at radius 2 is 2.47 bits per heavy atom. The van der Waals surface area contributed by atoms with Crippen LogP contribution in [0.4, 0.5) is 0 Å². The Labute approximate surface area is 104 Å². The topological polar surface area (TPSA) is 81.9 Å². The maximum atomic E-state index is 5.95. The zero-order valence-electron chi connectivity index (χ0n) is 9.43. The summed E-state index contributed by atoms with van der Waals surface area (Å²) in [5.41, 5.74) is 4.33. The second-order valence-corrected chi connectivity index (χ2v) is 3.97. The van der Waals surface area contributed by atoms with Crippen LogP contribution in [0.3, 0.4) is 0 Å². The summed E-state index contributed by atoms with van der Waals surface area (Å²) >= 11 is 5.95. The monoisotopic (exact) mass is 255 g/mol. The van der Waals surface area contributed by atoms with E-state index in [1.54, 1.807) is 16.9 Å². The third kappa shape index (κ3) is 2.33. The van der Waals surface area contributed by atoms with Gasteiger partial charge in [0, 0.05) is 12.1 Å². The summed E-state index contributed by atoms with van der Waals surface area (Å²) in [6, 6.07) is 1.50. The fourth-order valence-corrected chi connectivity index (χ4v) is 1.94. The number of hydrogen-bond donors (Lipinski definition) is 2. The summed E-state index contributed by atoms with van der Waals surface area (Å²) in [4.78, 5) is 0. The second-order valence-electron chi connectivity index (χ2n) is 3.63. The first kappa shape index (κ1) is 12.1. The Morgan fingerprint density at radius 3 is 3.06 bits per heavy atom. The van der Waals surface area contributed by atoms with Gasteiger partial charge in [0.25, 0.3) is 0 Å². The molecule has 0 radical (unpaired) electrons. The molecule has 0 fully saturated rings. The summed E-state index contributed by atoms with van der Waals surface area (Å²) < 4.78 is 6.86. The first-order valence-electron chi connectivity index (χ1n) is 5.35. The van der Waals surface area contributed by atoms with E-state index in [1.165, 1.54) is 6.26 Å². The summed E-state index contributed by atoms with van der Waals surface area (Å²) in [5.74, 6) is 5.57. The molecular weight excluding hydrogens is 242 g/mol. The van der Waals surface area contributed by atoms with Crippen molar-refractivity contribution < 1.29 is 4.42 Å². The van der Waals surface area contributed by atoms with Crippen LogP contribution < -0.4 is 11.3 Å². The van der Waals surface area contributed by atoms with Gasteiger partial charge in [0.2, 0.25) is 0 Å². The molecule has 7 heteroatoms. The lowest BCUT2D eigenvalue weighted by Crippen LogP contribution is -2.30. The number of hydrogen-bond acceptors (Lipinski definition) is 5. The molecule has 1 unspecified atom stereocenters. The van der Waals surface area contributed by atoms with Gasteiger partial charge in [-0.05, 0) is 24.1 Å². The van der Waals surface area contributed by atoms with E-state index in [-0.39, 0.29) is 6.04 Å². The Morgan fingerprint density at radius 1 is 1.65 bits per heavy atom. The standard InChI is InChI=1S/C10H14ClN5O/c1-2-4-16-8(6-13-15-16)9(14-12)7-3-5-17-10(7)11/h3,5-6,9,14H,2,4,12H2,1H3. The molecule has 17 heavy (non-hydrogen) atoms. The van der Waals surface area contributed by atoms with Crippen molar-refractivity contribution in [3.8, 4) is 0 Å². The number of hydrazine groups is 1. The Balaban J connectivity index is 2.35. The van der Waals surface area contributed by atoms with E-state index in [0.717, 1.165) is 24.2 Å². The van der Waals surface area contributed by atoms with Crippen LogP contribution in [0.5, 0.6) is 0 Å². The summed E-state index contributed by atoms with van der Waals surface area (Å²) in [6.07, 6.45) is 4.16. The molecule has 0 aliphatic carbocycles. The minimum absolute atomic E-state index is 0.275. The van der Waals surface area contributed by atoms with Crippen molar-refractivity contribution in [2.24, 2.45) is 5.84 Å². The first-order chi connectivity index (χ1) is 8.27. The van der Waals surface area contributed by atoms with Crippen LogP contribution in [0, 0.1) is 0 Å². The minimum Gasteiger partial charge on any atom is -0.453 e. The van der Waals surface area contributed by atoms with Crippen molar-refractivity contribution in [2.45, 2.75) is 25.9 Å². The molecule has 2 aromatic heterocycles. The highest BCUT2D eigenvalue weighted by Crippen LogP contribution is 2.28. The molecule has 6 nitrogen and oxygen atoms in total. The van der Waals surface area contributed by atoms with E-state index in [2.05, 4.69) is 22.7 Å². The van der Waals surface area contributed by atoms with Crippen molar-refractivity contribution >= 4 is 11.6 Å². The number of aromatic nitrogens is 3. The number of halogens is 1. The minimum atomic E-state index is -0.275. The molecule has 0 bridgehead atoms. The summed E-state index contributed by atoms with van der Waals surface area (Å²) in [7, 11) is 0. The SMILES string of the molecule is CCCn1nncc1C(NN)c1ccoc1Cl. The van der Waals surface area contributed by atoms with E-state index in [9.17, 15) is 0 Å². The highest BCUT2D eigenvalue weighted by Gasteiger charge is 2.21. The number of nitrogens with zero attached hydrogens (tertiary/aromatic N) is 3. The Hall–Kier alpha value is -1.37. The van der Waals surface area contributed by atoms with E-state index in [4.69, 9.17) is 21.9 Å². The number of rotatable bonds is 5. The predicted octanol–water partition coefficient (Wildman–Crippen LogP) is 1.49. The molecule has 0 spiro atoms. The lowest BCUT2D eigenvalue weighted by molar-refractivity contribution is 0.505. The lowest BCUT2D eigenvalue weighted by atomic mass is 10.1. The molecule has 2 aromatic rings. The molecule has 0 aliphatic heterocycles. The molecule has 2 heterocycles. The van der Waals surface area contributed by atoms with Crippen LogP contribution in [0.15, 0.2) is 22.9 Å². The highest BCUT2D eigenvalue weighted by atomic mass is 35.5. The number of nitrogens with one attached hydrogen (secondary N) is 1. The van der Waals surface area contributed by atoms with E-state index >= 15 is 0 Å². The highest BCUT2D eigenvalue weighted by molar-refractivity contribution is 6.29. The fraction of sp³-hybridized carbons (Fsp3) is 0.400. The average molecular weight is 256 g/mol. The maximum absolute atomic E-state index is 5.95. The number of furan rings is 1. The van der Waals surface area contributed by atoms with E-state index in [1.807, 2.05) is 0 Å². The Kier molecular flexibility index (Phi) is 3.78. The normalized spacial score (nSPS) is 12.9. The smallest absolute Gasteiger partial charge is 0.198 e. The molecule has 92 valence electrons. The van der Waals surface area contributed by atoms with Crippen LogP contribution in [-0.4, -0.2) is 15.0 Å². The molecule has 0 amide bonds. The van der Waals surface area contributed by atoms with Gasteiger partial charge in [0.15, 0.2) is 5.22 Å². The van der Waals surface area contributed by atoms with Gasteiger partial charge < -0.3 is 4.42 Å². The molecule has 1 atom stereocenters. The summed E-state index contributed by atoms with van der Waals surface area (Å²) in [6.45, 7) is 2.85. The quantitative estimate of drug-likeness (QED) is 0.625. The van der Waals surface area contributed by atoms with Gasteiger partial charge >= 0.3 is 0 Å². The van der Waals surface area contributed by atoms with Crippen LogP contribution >= 0.6 is 11.6 Å². The van der Waals surface area contributed by atoms with Crippen molar-refractivity contribution in [1.29, 1.82) is 0 Å². The fourth-order valence-electron chi connectivity index (χ4n) is 1.72. The maximum Gasteiger partial charge on any atom is 0.198 e. The van der Waals surface area contributed by atoms with Gasteiger partial charge in [-0.3, -0.25) is 5.84 Å². The molecule has 0 saturated heterocycles. The van der Waals surface area contributed by atoms with Crippen molar-refractivity contribution in [1.82, 2.24) is 20.4 Å². The van der Waals surface area contributed by atoms with Crippen LogP contribution in [-0.2, 0) is 6.54 Å². The Bertz CT molecular complexity index is 481. The van der Waals surface area contributed by atoms with Gasteiger partial charge in [0.05, 0.1) is 24.2 Å². The second kappa shape index (κ2) is 5.31. The molecule has 0 aliphatic rings. The van der Waals surface area contributed by atoms with Gasteiger partial charge in [-0.25, -0.2) is 10.1 Å². The van der Waals surface area contributed by atoms with Crippen molar-refractivity contribution in [3.63, 3.8) is 0 Å². The number of aryl methyl sites for hydroxylation is 1. The number of nitrogens with two attached hydrogens (primary N) is 1. The molecule has 3 N–H and O–H groups in total. The zero-order valence-corrected chi connectivity index (χ0v) is 10.2. The molecule has 0 aromatic carbocycles. The molecular formula is C10H14ClN5O. The van der Waals surface area contributed by atoms with Gasteiger partial charge in [-0.1, -0.05) is 12.1 Å². The van der Waals surface area contributed by atoms with Crippen molar-refractivity contribution in [2.75, 3.05) is 0 Å². The molecule has 2 rings (SSSR count). The average Bonchev–Trinajstić information content (AvgIpc) is 2.92. The first-order valence-corrected chi connectivity index (χ1v) is 5.73. The van der Waals surface area contributed by atoms with E-state index < -0.39 is 0 Å². The third-order valence-corrected chi connectivity index (χ3v) is 2.81. The zero-order chi connectivity index (χ0) is 12.3. The largest absolute Gasteiger partial charge is 0.453 e. The predicted molar refractivity (Wildman–Crippen MR) is 63.2 cm³/mol. The van der Waals surface area contributed by atoms with Crippen LogP contribution in [0.2, 0.25) is 5.22 Å². The van der Waals surface area contributed by atoms with E-state index in [0.29, 0.717) is 5.22 Å². The van der Waals surface area contributed by atoms with Crippen LogP contribution in [0.1, 0.15) is 30.6 Å². The lowest BCUT2D eigenvalue weighted by Gasteiger charge is -2.15. The van der Waals surface area contributed by atoms with Gasteiger partial charge in [-0.15, -0.1) is 5.10 Å². The third-order valence-electron chi connectivity index (χ3n) is 2.50. The molecule has 0 saturated carbocycles.